The third-order valence-corrected chi connectivity index (χ3v) is 13.1. The highest BCUT2D eigenvalue weighted by Gasteiger charge is 2.54. The smallest absolute Gasteiger partial charge is 0.0824 e. The summed E-state index contributed by atoms with van der Waals surface area (Å²) < 4.78 is 7.36. The van der Waals surface area contributed by atoms with Gasteiger partial charge in [0.25, 0.3) is 0 Å². The summed E-state index contributed by atoms with van der Waals surface area (Å²) in [6.07, 6.45) is 13.8. The fraction of sp³-hybridized carbons (Fsp3) is 1.00. The van der Waals surface area contributed by atoms with Crippen LogP contribution in [0.15, 0.2) is 0 Å². The van der Waals surface area contributed by atoms with Gasteiger partial charge in [-0.1, -0.05) is 77.8 Å². The summed E-state index contributed by atoms with van der Waals surface area (Å²) >= 11 is 0. The zero-order valence-electron chi connectivity index (χ0n) is 15.5. The van der Waals surface area contributed by atoms with Crippen LogP contribution in [0.25, 0.3) is 0 Å². The molecule has 0 N–H and O–H groups in total. The SMILES string of the molecule is C[Si](C)(C)C1(OC2([Si](C)(C)C)CCCCC2)CCCCC1. The molecule has 2 fully saturated rings. The van der Waals surface area contributed by atoms with E-state index in [1.165, 1.54) is 64.2 Å². The van der Waals surface area contributed by atoms with Gasteiger partial charge in [0.15, 0.2) is 0 Å². The van der Waals surface area contributed by atoms with E-state index in [1.54, 1.807) is 0 Å². The van der Waals surface area contributed by atoms with Crippen molar-refractivity contribution in [2.45, 2.75) is 114 Å². The van der Waals surface area contributed by atoms with E-state index in [2.05, 4.69) is 39.3 Å². The molecule has 0 aromatic heterocycles. The second-order valence-electron chi connectivity index (χ2n) is 9.71. The lowest BCUT2D eigenvalue weighted by Crippen LogP contribution is -2.65. The Bertz CT molecular complexity index is 305. The Morgan fingerprint density at radius 2 is 0.810 bits per heavy atom. The first-order chi connectivity index (χ1) is 9.62. The lowest BCUT2D eigenvalue weighted by atomic mass is 9.93. The van der Waals surface area contributed by atoms with Gasteiger partial charge in [-0.15, -0.1) is 0 Å². The number of rotatable bonds is 4. The molecule has 2 saturated carbocycles. The van der Waals surface area contributed by atoms with Crippen molar-refractivity contribution in [1.29, 1.82) is 0 Å². The quantitative estimate of drug-likeness (QED) is 0.562. The van der Waals surface area contributed by atoms with Crippen molar-refractivity contribution in [3.8, 4) is 0 Å². The molecule has 0 spiro atoms. The Balaban J connectivity index is 2.32. The van der Waals surface area contributed by atoms with Crippen LogP contribution < -0.4 is 0 Å². The first kappa shape index (κ1) is 17.7. The third-order valence-electron chi connectivity index (χ3n) is 6.45. The van der Waals surface area contributed by atoms with Gasteiger partial charge >= 0.3 is 0 Å². The Morgan fingerprint density at radius 1 is 0.524 bits per heavy atom. The molecular formula is C18H38OSi2. The lowest BCUT2D eigenvalue weighted by molar-refractivity contribution is -0.111. The molecular weight excluding hydrogens is 288 g/mol. The summed E-state index contributed by atoms with van der Waals surface area (Å²) in [4.78, 5) is 0. The molecule has 2 aliphatic carbocycles. The average molecular weight is 327 g/mol. The summed E-state index contributed by atoms with van der Waals surface area (Å²) in [5.41, 5.74) is 0. The van der Waals surface area contributed by atoms with Crippen LogP contribution in [-0.4, -0.2) is 26.6 Å². The van der Waals surface area contributed by atoms with Crippen molar-refractivity contribution in [3.63, 3.8) is 0 Å². The second-order valence-corrected chi connectivity index (χ2v) is 20.5. The van der Waals surface area contributed by atoms with Crippen molar-refractivity contribution in [3.05, 3.63) is 0 Å². The van der Waals surface area contributed by atoms with Crippen molar-refractivity contribution >= 4 is 16.1 Å². The predicted octanol–water partition coefficient (Wildman–Crippen LogP) is 6.16. The van der Waals surface area contributed by atoms with Gasteiger partial charge in [-0.3, -0.25) is 0 Å². The molecule has 2 aliphatic rings. The topological polar surface area (TPSA) is 9.23 Å². The van der Waals surface area contributed by atoms with Gasteiger partial charge < -0.3 is 4.74 Å². The van der Waals surface area contributed by atoms with Crippen LogP contribution >= 0.6 is 0 Å². The molecule has 0 atom stereocenters. The Labute approximate surface area is 135 Å². The zero-order valence-corrected chi connectivity index (χ0v) is 17.5. The predicted molar refractivity (Wildman–Crippen MR) is 99.4 cm³/mol. The van der Waals surface area contributed by atoms with Crippen molar-refractivity contribution in [1.82, 2.24) is 0 Å². The number of hydrogen-bond acceptors (Lipinski definition) is 1. The van der Waals surface area contributed by atoms with E-state index in [1.807, 2.05) is 0 Å². The zero-order chi connectivity index (χ0) is 15.8. The van der Waals surface area contributed by atoms with Crippen molar-refractivity contribution in [2.75, 3.05) is 0 Å². The molecule has 0 heterocycles. The Kier molecular flexibility index (Phi) is 5.17. The first-order valence-corrected chi connectivity index (χ1v) is 16.3. The monoisotopic (exact) mass is 326 g/mol. The molecule has 0 aromatic carbocycles. The van der Waals surface area contributed by atoms with Gasteiger partial charge in [0.1, 0.15) is 0 Å². The minimum Gasteiger partial charge on any atom is -0.376 e. The largest absolute Gasteiger partial charge is 0.376 e. The van der Waals surface area contributed by atoms with E-state index in [-0.39, 0.29) is 10.4 Å². The van der Waals surface area contributed by atoms with E-state index in [4.69, 9.17) is 4.74 Å². The van der Waals surface area contributed by atoms with E-state index in [0.717, 1.165) is 0 Å². The summed E-state index contributed by atoms with van der Waals surface area (Å²) in [5, 5.41) is 0.533. The van der Waals surface area contributed by atoms with Crippen LogP contribution in [0, 0.1) is 0 Å². The molecule has 124 valence electrons. The lowest BCUT2D eigenvalue weighted by Gasteiger charge is -2.56. The minimum absolute atomic E-state index is 0.267. The molecule has 0 unspecified atom stereocenters. The standard InChI is InChI=1S/C18H38OSi2/c1-20(2,3)17(13-9-7-10-14-17)19-18(21(4,5)6)15-11-8-12-16-18/h7-16H2,1-6H3. The molecule has 1 nitrogen and oxygen atoms in total. The van der Waals surface area contributed by atoms with E-state index in [0.29, 0.717) is 0 Å². The minimum atomic E-state index is -1.32. The van der Waals surface area contributed by atoms with E-state index < -0.39 is 16.1 Å². The van der Waals surface area contributed by atoms with Crippen LogP contribution in [0.3, 0.4) is 0 Å². The fourth-order valence-electron chi connectivity index (χ4n) is 4.63. The van der Waals surface area contributed by atoms with Crippen LogP contribution in [0.2, 0.25) is 39.3 Å². The molecule has 0 bridgehead atoms. The summed E-state index contributed by atoms with van der Waals surface area (Å²) in [5.74, 6) is 0. The highest BCUT2D eigenvalue weighted by atomic mass is 28.3. The third kappa shape index (κ3) is 3.50. The van der Waals surface area contributed by atoms with Gasteiger partial charge in [0, 0.05) is 0 Å². The maximum Gasteiger partial charge on any atom is 0.0824 e. The van der Waals surface area contributed by atoms with E-state index in [9.17, 15) is 0 Å². The molecule has 0 radical (unpaired) electrons. The molecule has 0 saturated heterocycles. The van der Waals surface area contributed by atoms with Crippen molar-refractivity contribution in [2.24, 2.45) is 0 Å². The Hall–Kier alpha value is 0.394. The van der Waals surface area contributed by atoms with Crippen LogP contribution in [-0.2, 0) is 4.74 Å². The molecule has 3 heteroatoms. The van der Waals surface area contributed by atoms with Gasteiger partial charge in [-0.2, -0.15) is 0 Å². The fourth-order valence-corrected chi connectivity index (χ4v) is 9.44. The maximum atomic E-state index is 7.36. The number of ether oxygens (including phenoxy) is 1. The van der Waals surface area contributed by atoms with Gasteiger partial charge in [-0.25, -0.2) is 0 Å². The Morgan fingerprint density at radius 3 is 1.05 bits per heavy atom. The highest BCUT2D eigenvalue weighted by Crippen LogP contribution is 2.48. The summed E-state index contributed by atoms with van der Waals surface area (Å²) in [6.45, 7) is 15.3. The van der Waals surface area contributed by atoms with Crippen LogP contribution in [0.4, 0.5) is 0 Å². The van der Waals surface area contributed by atoms with Gasteiger partial charge in [0.05, 0.1) is 26.6 Å². The van der Waals surface area contributed by atoms with Crippen LogP contribution in [0.1, 0.15) is 64.2 Å². The van der Waals surface area contributed by atoms with Gasteiger partial charge in [0.2, 0.25) is 0 Å². The first-order valence-electron chi connectivity index (χ1n) is 9.32. The summed E-state index contributed by atoms with van der Waals surface area (Å²) in [6, 6.07) is 0. The molecule has 0 aliphatic heterocycles. The maximum absolute atomic E-state index is 7.36. The molecule has 0 amide bonds. The van der Waals surface area contributed by atoms with Gasteiger partial charge in [-0.05, 0) is 25.7 Å². The normalized spacial score (nSPS) is 26.6. The van der Waals surface area contributed by atoms with Crippen LogP contribution in [0.5, 0.6) is 0 Å². The molecule has 2 rings (SSSR count). The number of hydrogen-bond donors (Lipinski definition) is 0. The van der Waals surface area contributed by atoms with Crippen molar-refractivity contribution < 1.29 is 4.74 Å². The molecule has 21 heavy (non-hydrogen) atoms. The molecule has 0 aromatic rings. The summed E-state index contributed by atoms with van der Waals surface area (Å²) in [7, 11) is -2.63. The van der Waals surface area contributed by atoms with E-state index >= 15 is 0 Å². The highest BCUT2D eigenvalue weighted by molar-refractivity contribution is 6.80. The second kappa shape index (κ2) is 6.12. The average Bonchev–Trinajstić information content (AvgIpc) is 2.38.